The van der Waals surface area contributed by atoms with Gasteiger partial charge in [-0.05, 0) is 138 Å². The van der Waals surface area contributed by atoms with Gasteiger partial charge in [-0.15, -0.1) is 0 Å². The van der Waals surface area contributed by atoms with Crippen LogP contribution in [0.5, 0.6) is 0 Å². The van der Waals surface area contributed by atoms with Crippen molar-refractivity contribution in [2.45, 2.75) is 177 Å². The monoisotopic (exact) mass is 709 g/mol. The molecule has 8 nitrogen and oxygen atoms in total. The Labute approximate surface area is 307 Å². The van der Waals surface area contributed by atoms with E-state index in [1.54, 1.807) is 13.8 Å². The molecule has 0 bridgehead atoms. The van der Waals surface area contributed by atoms with Crippen LogP contribution in [0.25, 0.3) is 0 Å². The number of fused-ring (bicyclic) bond motifs is 6. The number of carbonyl (C=O) groups is 4. The number of carboxylic acids is 1. The Hall–Kier alpha value is -2.22. The third-order valence-electron chi connectivity index (χ3n) is 16.4. The van der Waals surface area contributed by atoms with Crippen molar-refractivity contribution in [2.75, 3.05) is 6.54 Å². The van der Waals surface area contributed by atoms with Crippen molar-refractivity contribution in [1.82, 2.24) is 10.2 Å². The van der Waals surface area contributed by atoms with Crippen LogP contribution in [0, 0.1) is 50.7 Å². The number of allylic oxidation sites excluding steroid dienone is 1. The van der Waals surface area contributed by atoms with E-state index in [-0.39, 0.29) is 58.0 Å². The molecule has 3 unspecified atom stereocenters. The highest BCUT2D eigenvalue weighted by molar-refractivity contribution is 5.93. The van der Waals surface area contributed by atoms with Crippen LogP contribution in [0.1, 0.15) is 153 Å². The minimum absolute atomic E-state index is 0.0349. The molecule has 0 radical (unpaired) electrons. The molecule has 0 spiro atoms. The molecule has 51 heavy (non-hydrogen) atoms. The van der Waals surface area contributed by atoms with Crippen LogP contribution in [-0.2, 0) is 23.9 Å². The molecule has 6 aliphatic rings. The summed E-state index contributed by atoms with van der Waals surface area (Å²) < 4.78 is 6.17. The molecule has 0 aromatic rings. The minimum Gasteiger partial charge on any atom is -0.481 e. The summed E-state index contributed by atoms with van der Waals surface area (Å²) in [6.07, 6.45) is 9.66. The van der Waals surface area contributed by atoms with Crippen LogP contribution in [0.15, 0.2) is 11.1 Å². The third-order valence-corrected chi connectivity index (χ3v) is 16.4. The molecule has 2 N–H and O–H groups in total. The standard InChI is InChI=1S/C43H68N2O6/c1-25(2)34-29(46)23-43(44-36(48)28-13-12-22-45(28)26(3)4)21-20-41(10)27(35(34)43)14-15-31-40(9)18-17-32(51-33(47)24-38(5,6)37(49)50)39(7,8)30(40)16-19-42(31,41)11/h25-26,28,30-32,34H,12-24H2,1-11H3,(H,44,48)(H,49,50)/t28-,30?,31?,32-,34?,40-,41+,42+,43+/m0/s1. The number of amides is 1. The average molecular weight is 709 g/mol. The molecule has 5 fully saturated rings. The van der Waals surface area contributed by atoms with Gasteiger partial charge in [-0.3, -0.25) is 24.1 Å². The highest BCUT2D eigenvalue weighted by atomic mass is 16.5. The number of nitrogens with one attached hydrogen (secondary N) is 1. The van der Waals surface area contributed by atoms with E-state index < -0.39 is 22.9 Å². The number of ketones is 1. The number of nitrogens with zero attached hydrogens (tertiary/aromatic N) is 1. The maximum absolute atomic E-state index is 14.2. The highest BCUT2D eigenvalue weighted by Gasteiger charge is 2.69. The molecule has 1 saturated heterocycles. The van der Waals surface area contributed by atoms with Crippen LogP contribution < -0.4 is 5.32 Å². The molecule has 9 atom stereocenters. The predicted octanol–water partition coefficient (Wildman–Crippen LogP) is 8.12. The van der Waals surface area contributed by atoms with Crippen LogP contribution in [-0.4, -0.2) is 63.9 Å². The first-order valence-corrected chi connectivity index (χ1v) is 20.3. The maximum atomic E-state index is 14.2. The Kier molecular flexibility index (Phi) is 9.58. The number of rotatable bonds is 8. The van der Waals surface area contributed by atoms with Crippen molar-refractivity contribution in [1.29, 1.82) is 0 Å². The number of esters is 1. The van der Waals surface area contributed by atoms with Crippen LogP contribution in [0.3, 0.4) is 0 Å². The molecule has 5 aliphatic carbocycles. The first kappa shape index (κ1) is 38.5. The van der Waals surface area contributed by atoms with Crippen LogP contribution >= 0.6 is 0 Å². The van der Waals surface area contributed by atoms with Crippen molar-refractivity contribution in [3.8, 4) is 0 Å². The molecule has 8 heteroatoms. The van der Waals surface area contributed by atoms with Gasteiger partial charge in [-0.1, -0.05) is 54.0 Å². The first-order valence-electron chi connectivity index (χ1n) is 20.3. The zero-order valence-electron chi connectivity index (χ0n) is 33.7. The van der Waals surface area contributed by atoms with Gasteiger partial charge < -0.3 is 15.2 Å². The Morgan fingerprint density at radius 3 is 2.25 bits per heavy atom. The second-order valence-corrected chi connectivity index (χ2v) is 20.5. The summed E-state index contributed by atoms with van der Waals surface area (Å²) in [6.45, 7) is 25.0. The van der Waals surface area contributed by atoms with Crippen molar-refractivity contribution < 1.29 is 29.0 Å². The van der Waals surface area contributed by atoms with E-state index in [0.717, 1.165) is 70.8 Å². The highest BCUT2D eigenvalue weighted by Crippen LogP contribution is 2.75. The summed E-state index contributed by atoms with van der Waals surface area (Å²) in [4.78, 5) is 55.4. The molecular weight excluding hydrogens is 640 g/mol. The first-order chi connectivity index (χ1) is 23.6. The maximum Gasteiger partial charge on any atom is 0.309 e. The van der Waals surface area contributed by atoms with E-state index in [9.17, 15) is 24.3 Å². The number of aliphatic carboxylic acids is 1. The Morgan fingerprint density at radius 2 is 1.63 bits per heavy atom. The zero-order valence-corrected chi connectivity index (χ0v) is 33.7. The lowest BCUT2D eigenvalue weighted by Gasteiger charge is -2.70. The SMILES string of the molecule is CC(C)C1C(=O)C[C@]2(NC(=O)[C@@H]3CCCN3C(C)C)CC[C@]3(C)C(=C12)CCC1[C@@]2(C)CC[C@H](OC(=O)CC(C)(C)C(=O)O)C(C)(C)C2CC[C@]13C. The number of Topliss-reactive ketones (excluding diaryl/α,β-unsaturated/α-hetero) is 1. The van der Waals surface area contributed by atoms with Gasteiger partial charge in [-0.25, -0.2) is 0 Å². The van der Waals surface area contributed by atoms with Crippen LogP contribution in [0.4, 0.5) is 0 Å². The van der Waals surface area contributed by atoms with E-state index in [1.807, 2.05) is 0 Å². The molecule has 6 rings (SSSR count). The van der Waals surface area contributed by atoms with Gasteiger partial charge in [0.05, 0.1) is 23.4 Å². The lowest BCUT2D eigenvalue weighted by Crippen LogP contribution is -2.65. The Morgan fingerprint density at radius 1 is 0.941 bits per heavy atom. The molecule has 0 aromatic carbocycles. The fourth-order valence-corrected chi connectivity index (χ4v) is 13.5. The van der Waals surface area contributed by atoms with Gasteiger partial charge in [-0.2, -0.15) is 0 Å². The molecule has 1 amide bonds. The van der Waals surface area contributed by atoms with E-state index in [2.05, 4.69) is 72.5 Å². The summed E-state index contributed by atoms with van der Waals surface area (Å²) in [7, 11) is 0. The number of ether oxygens (including phenoxy) is 1. The third kappa shape index (κ3) is 5.77. The molecule has 286 valence electrons. The van der Waals surface area contributed by atoms with Gasteiger partial charge in [0.25, 0.3) is 0 Å². The number of carbonyl (C=O) groups excluding carboxylic acids is 3. The molecule has 4 saturated carbocycles. The van der Waals surface area contributed by atoms with Crippen molar-refractivity contribution in [3.05, 3.63) is 11.1 Å². The quantitative estimate of drug-likeness (QED) is 0.194. The predicted molar refractivity (Wildman–Crippen MR) is 199 cm³/mol. The molecule has 0 aromatic heterocycles. The fraction of sp³-hybridized carbons (Fsp3) is 0.860. The Balaban J connectivity index is 1.32. The van der Waals surface area contributed by atoms with E-state index in [0.29, 0.717) is 30.1 Å². The molecule has 1 aliphatic heterocycles. The van der Waals surface area contributed by atoms with Gasteiger partial charge in [0.15, 0.2) is 0 Å². The summed E-state index contributed by atoms with van der Waals surface area (Å²) in [6, 6.07) is 0.182. The number of likely N-dealkylation sites (tertiary alicyclic amines) is 1. The van der Waals surface area contributed by atoms with E-state index in [4.69, 9.17) is 4.74 Å². The van der Waals surface area contributed by atoms with E-state index in [1.165, 1.54) is 11.1 Å². The summed E-state index contributed by atoms with van der Waals surface area (Å²) in [5.41, 5.74) is 0.810. The number of carboxylic acid groups (broad SMARTS) is 1. The zero-order chi connectivity index (χ0) is 37.7. The smallest absolute Gasteiger partial charge is 0.309 e. The fourth-order valence-electron chi connectivity index (χ4n) is 13.5. The lowest BCUT2D eigenvalue weighted by atomic mass is 9.34. The normalized spacial score (nSPS) is 40.8. The minimum atomic E-state index is -1.16. The summed E-state index contributed by atoms with van der Waals surface area (Å²) in [5.74, 6) is -0.113. The van der Waals surface area contributed by atoms with Gasteiger partial charge >= 0.3 is 11.9 Å². The van der Waals surface area contributed by atoms with E-state index >= 15 is 0 Å². The molecular formula is C43H68N2O6. The second-order valence-electron chi connectivity index (χ2n) is 20.5. The van der Waals surface area contributed by atoms with Crippen LogP contribution in [0.2, 0.25) is 0 Å². The van der Waals surface area contributed by atoms with Crippen molar-refractivity contribution >= 4 is 23.6 Å². The number of hydrogen-bond donors (Lipinski definition) is 2. The average Bonchev–Trinajstić information content (AvgIpc) is 3.62. The summed E-state index contributed by atoms with van der Waals surface area (Å²) >= 11 is 0. The second kappa shape index (κ2) is 12.7. The van der Waals surface area contributed by atoms with Gasteiger partial charge in [0.1, 0.15) is 11.9 Å². The molecule has 1 heterocycles. The summed E-state index contributed by atoms with van der Waals surface area (Å²) in [5, 5.41) is 13.2. The number of hydrogen-bond acceptors (Lipinski definition) is 6. The Bertz CT molecular complexity index is 1490. The largest absolute Gasteiger partial charge is 0.481 e. The topological polar surface area (TPSA) is 113 Å². The van der Waals surface area contributed by atoms with Crippen molar-refractivity contribution in [3.63, 3.8) is 0 Å². The lowest BCUT2D eigenvalue weighted by molar-refractivity contribution is -0.214. The van der Waals surface area contributed by atoms with Crippen molar-refractivity contribution in [2.24, 2.45) is 50.7 Å². The van der Waals surface area contributed by atoms with Gasteiger partial charge in [0, 0.05) is 23.8 Å². The van der Waals surface area contributed by atoms with Gasteiger partial charge in [0.2, 0.25) is 5.91 Å².